The van der Waals surface area contributed by atoms with E-state index in [1.54, 1.807) is 36.8 Å². The Bertz CT molecular complexity index is 1230. The van der Waals surface area contributed by atoms with Gasteiger partial charge in [-0.2, -0.15) is 0 Å². The van der Waals surface area contributed by atoms with Gasteiger partial charge in [0.1, 0.15) is 23.9 Å². The third-order valence-electron chi connectivity index (χ3n) is 4.51. The van der Waals surface area contributed by atoms with E-state index in [-0.39, 0.29) is 12.1 Å². The molecule has 10 heteroatoms. The lowest BCUT2D eigenvalue weighted by molar-refractivity contribution is -0.137. The van der Waals surface area contributed by atoms with Gasteiger partial charge >= 0.3 is 0 Å². The summed E-state index contributed by atoms with van der Waals surface area (Å²) in [6, 6.07) is 5.98. The number of carbonyl (C=O) groups is 3. The molecule has 0 aliphatic carbocycles. The highest BCUT2D eigenvalue weighted by molar-refractivity contribution is 7.17. The highest BCUT2D eigenvalue weighted by Gasteiger charge is 2.28. The van der Waals surface area contributed by atoms with E-state index in [9.17, 15) is 14.4 Å². The van der Waals surface area contributed by atoms with Crippen LogP contribution in [0.3, 0.4) is 0 Å². The molecule has 0 aliphatic heterocycles. The fourth-order valence-corrected chi connectivity index (χ4v) is 4.00. The molecule has 0 radical (unpaired) electrons. The number of aromatic nitrogens is 4. The summed E-state index contributed by atoms with van der Waals surface area (Å²) >= 11 is 1.49. The van der Waals surface area contributed by atoms with Crippen LogP contribution in [-0.4, -0.2) is 43.2 Å². The Balaban J connectivity index is 1.62. The Morgan fingerprint density at radius 1 is 1.13 bits per heavy atom. The number of fused-ring (bicyclic) bond motifs is 1. The van der Waals surface area contributed by atoms with Crippen molar-refractivity contribution < 1.29 is 14.4 Å². The average Bonchev–Trinajstić information content (AvgIpc) is 3.41. The maximum Gasteiger partial charge on any atom is 0.287 e. The first-order valence-corrected chi connectivity index (χ1v) is 9.81. The molecule has 4 aromatic heterocycles. The van der Waals surface area contributed by atoms with E-state index in [0.29, 0.717) is 5.82 Å². The van der Waals surface area contributed by atoms with Crippen molar-refractivity contribution in [3.63, 3.8) is 0 Å². The van der Waals surface area contributed by atoms with Crippen LogP contribution >= 0.6 is 11.3 Å². The number of primary amides is 1. The summed E-state index contributed by atoms with van der Waals surface area (Å²) in [5.74, 6) is -2.07. The normalized spacial score (nSPS) is 11.9. The Kier molecular flexibility index (Phi) is 5.31. The largest absolute Gasteiger partial charge is 0.363 e. The number of nitrogens with two attached hydrogens (primary N) is 1. The zero-order chi connectivity index (χ0) is 21.1. The minimum atomic E-state index is -1.12. The van der Waals surface area contributed by atoms with Crippen molar-refractivity contribution in [2.45, 2.75) is 12.5 Å². The number of nitrogens with one attached hydrogen (secondary N) is 1. The molecule has 1 atom stereocenters. The Hall–Kier alpha value is -3.92. The molecular weight excluding hydrogens is 404 g/mol. The van der Waals surface area contributed by atoms with E-state index in [0.717, 1.165) is 15.6 Å². The molecular formula is C20H16N6O3S. The van der Waals surface area contributed by atoms with Gasteiger partial charge in [-0.15, -0.1) is 11.3 Å². The predicted molar refractivity (Wildman–Crippen MR) is 110 cm³/mol. The van der Waals surface area contributed by atoms with Gasteiger partial charge in [-0.1, -0.05) is 6.07 Å². The summed E-state index contributed by atoms with van der Waals surface area (Å²) in [6.07, 6.45) is 7.86. The fraction of sp³-hybridized carbons (Fsp3) is 0.100. The third kappa shape index (κ3) is 3.80. The Labute approximate surface area is 174 Å². The number of thiophene rings is 1. The maximum absolute atomic E-state index is 12.9. The highest BCUT2D eigenvalue weighted by atomic mass is 32.1. The Morgan fingerprint density at radius 2 is 2.00 bits per heavy atom. The molecule has 3 N–H and O–H groups in total. The van der Waals surface area contributed by atoms with Crippen LogP contribution in [0.15, 0.2) is 60.8 Å². The molecule has 4 heterocycles. The van der Waals surface area contributed by atoms with Crippen molar-refractivity contribution in [3.05, 3.63) is 72.0 Å². The number of ketones is 1. The second-order valence-corrected chi connectivity index (χ2v) is 7.34. The molecule has 0 spiro atoms. The lowest BCUT2D eigenvalue weighted by atomic mass is 10.0. The van der Waals surface area contributed by atoms with E-state index >= 15 is 0 Å². The van der Waals surface area contributed by atoms with Crippen LogP contribution in [0.4, 0.5) is 0 Å². The summed E-state index contributed by atoms with van der Waals surface area (Å²) in [6.45, 7) is 0. The molecule has 1 unspecified atom stereocenters. The molecule has 0 fully saturated rings. The van der Waals surface area contributed by atoms with Gasteiger partial charge in [0.05, 0.1) is 6.20 Å². The topological polar surface area (TPSA) is 133 Å². The predicted octanol–water partition coefficient (Wildman–Crippen LogP) is 1.27. The van der Waals surface area contributed by atoms with E-state index in [1.807, 2.05) is 11.4 Å². The lowest BCUT2D eigenvalue weighted by Gasteiger charge is -2.16. The van der Waals surface area contributed by atoms with Gasteiger partial charge in [-0.05, 0) is 29.1 Å². The average molecular weight is 420 g/mol. The van der Waals surface area contributed by atoms with Crippen LogP contribution in [0.25, 0.3) is 15.9 Å². The van der Waals surface area contributed by atoms with Gasteiger partial charge in [0.2, 0.25) is 5.78 Å². The number of carbonyl (C=O) groups excluding carboxylic acids is 3. The van der Waals surface area contributed by atoms with E-state index < -0.39 is 23.6 Å². The van der Waals surface area contributed by atoms with Crippen LogP contribution < -0.4 is 11.1 Å². The quantitative estimate of drug-likeness (QED) is 0.433. The summed E-state index contributed by atoms with van der Waals surface area (Å²) in [4.78, 5) is 49.2. The molecule has 30 heavy (non-hydrogen) atoms. The van der Waals surface area contributed by atoms with E-state index in [2.05, 4.69) is 20.3 Å². The van der Waals surface area contributed by atoms with Crippen LogP contribution in [0.1, 0.15) is 16.1 Å². The number of rotatable bonds is 7. The molecule has 150 valence electrons. The molecule has 0 bridgehead atoms. The molecule has 2 amide bonds. The lowest BCUT2D eigenvalue weighted by Crippen LogP contribution is -2.47. The molecule has 4 rings (SSSR count). The van der Waals surface area contributed by atoms with Gasteiger partial charge < -0.3 is 11.1 Å². The molecule has 9 nitrogen and oxygen atoms in total. The monoisotopic (exact) mass is 420 g/mol. The number of amides is 2. The van der Waals surface area contributed by atoms with Crippen LogP contribution in [0.5, 0.6) is 0 Å². The number of hydrogen-bond acceptors (Lipinski definition) is 7. The van der Waals surface area contributed by atoms with Crippen molar-refractivity contribution in [2.75, 3.05) is 0 Å². The zero-order valence-electron chi connectivity index (χ0n) is 15.6. The highest BCUT2D eigenvalue weighted by Crippen LogP contribution is 2.26. The minimum absolute atomic E-state index is 0.108. The smallest absolute Gasteiger partial charge is 0.287 e. The SMILES string of the molecule is NC(=O)C(=O)C(Cc1csc2ccncc12)NC(=O)c1cncn1-c1ccccn1. The summed E-state index contributed by atoms with van der Waals surface area (Å²) in [7, 11) is 0. The van der Waals surface area contributed by atoms with E-state index in [1.165, 1.54) is 28.4 Å². The molecule has 0 saturated carbocycles. The number of pyridine rings is 2. The molecule has 4 aromatic rings. The van der Waals surface area contributed by atoms with Gasteiger partial charge in [-0.3, -0.25) is 23.9 Å². The minimum Gasteiger partial charge on any atom is -0.363 e. The molecule has 0 saturated heterocycles. The fourth-order valence-electron chi connectivity index (χ4n) is 3.06. The Morgan fingerprint density at radius 3 is 2.77 bits per heavy atom. The number of nitrogens with zero attached hydrogens (tertiary/aromatic N) is 4. The summed E-state index contributed by atoms with van der Waals surface area (Å²) in [5, 5.41) is 5.35. The van der Waals surface area contributed by atoms with Gasteiger partial charge in [0.25, 0.3) is 11.8 Å². The van der Waals surface area contributed by atoms with Crippen molar-refractivity contribution in [1.29, 1.82) is 0 Å². The summed E-state index contributed by atoms with van der Waals surface area (Å²) in [5.41, 5.74) is 6.18. The van der Waals surface area contributed by atoms with Gasteiger partial charge in [0, 0.05) is 35.1 Å². The second kappa shape index (κ2) is 8.21. The van der Waals surface area contributed by atoms with Crippen molar-refractivity contribution >= 4 is 39.0 Å². The molecule has 0 aliphatic rings. The first-order chi connectivity index (χ1) is 14.5. The van der Waals surface area contributed by atoms with Crippen LogP contribution in [0.2, 0.25) is 0 Å². The van der Waals surface area contributed by atoms with Crippen LogP contribution in [0, 0.1) is 0 Å². The number of imidazole rings is 1. The van der Waals surface area contributed by atoms with Crippen molar-refractivity contribution in [2.24, 2.45) is 5.73 Å². The van der Waals surface area contributed by atoms with Crippen molar-refractivity contribution in [3.8, 4) is 5.82 Å². The maximum atomic E-state index is 12.9. The summed E-state index contributed by atoms with van der Waals surface area (Å²) < 4.78 is 2.48. The first-order valence-electron chi connectivity index (χ1n) is 8.93. The molecule has 0 aromatic carbocycles. The third-order valence-corrected chi connectivity index (χ3v) is 5.52. The first kappa shape index (κ1) is 19.4. The number of Topliss-reactive ketones (excluding diaryl/α,β-unsaturated/α-hetero) is 1. The van der Waals surface area contributed by atoms with Gasteiger partial charge in [0.15, 0.2) is 0 Å². The second-order valence-electron chi connectivity index (χ2n) is 6.43. The number of hydrogen-bond donors (Lipinski definition) is 2. The standard InChI is InChI=1S/C20H16N6O3S/c21-19(28)18(27)14(7-12-10-30-16-4-6-22-8-13(12)16)25-20(29)15-9-23-11-26(15)17-3-1-2-5-24-17/h1-6,8-11,14H,7H2,(H2,21,28)(H,25,29). The van der Waals surface area contributed by atoms with Crippen LogP contribution in [-0.2, 0) is 16.0 Å². The zero-order valence-corrected chi connectivity index (χ0v) is 16.4. The van der Waals surface area contributed by atoms with Gasteiger partial charge in [-0.25, -0.2) is 9.97 Å². The van der Waals surface area contributed by atoms with Crippen molar-refractivity contribution in [1.82, 2.24) is 24.8 Å². The van der Waals surface area contributed by atoms with E-state index in [4.69, 9.17) is 5.73 Å².